The molecule has 0 unspecified atom stereocenters. The van der Waals surface area contributed by atoms with Gasteiger partial charge in [0, 0.05) is 33.1 Å². The monoisotopic (exact) mass is 306 g/mol. The molecule has 0 aliphatic carbocycles. The molecule has 0 aromatic rings. The van der Waals surface area contributed by atoms with E-state index in [4.69, 9.17) is 9.98 Å². The summed E-state index contributed by atoms with van der Waals surface area (Å²) in [5, 5.41) is 0. The van der Waals surface area contributed by atoms with Crippen molar-refractivity contribution in [1.29, 1.82) is 0 Å². The van der Waals surface area contributed by atoms with Crippen molar-refractivity contribution in [1.82, 2.24) is 9.80 Å². The van der Waals surface area contributed by atoms with Gasteiger partial charge in [-0.25, -0.2) is 9.98 Å². The SMILES string of the molecule is CN1CCCC1=NC(=NC(C)(C)CC(C)(C)C)N1CCCC1. The van der Waals surface area contributed by atoms with Crippen LogP contribution in [-0.2, 0) is 0 Å². The Balaban J connectivity index is 2.25. The summed E-state index contributed by atoms with van der Waals surface area (Å²) in [7, 11) is 2.15. The lowest BCUT2D eigenvalue weighted by atomic mass is 9.82. The van der Waals surface area contributed by atoms with E-state index >= 15 is 0 Å². The maximum absolute atomic E-state index is 5.10. The van der Waals surface area contributed by atoms with Gasteiger partial charge in [0.15, 0.2) is 0 Å². The Morgan fingerprint density at radius 1 is 1.00 bits per heavy atom. The minimum Gasteiger partial charge on any atom is -0.363 e. The summed E-state index contributed by atoms with van der Waals surface area (Å²) in [5.74, 6) is 2.17. The lowest BCUT2D eigenvalue weighted by molar-refractivity contribution is 0.285. The first-order valence-corrected chi connectivity index (χ1v) is 8.80. The second-order valence-corrected chi connectivity index (χ2v) is 8.71. The van der Waals surface area contributed by atoms with Crippen molar-refractivity contribution < 1.29 is 0 Å². The van der Waals surface area contributed by atoms with Gasteiger partial charge in [-0.1, -0.05) is 20.8 Å². The lowest BCUT2D eigenvalue weighted by Crippen LogP contribution is -2.34. The Bertz CT molecular complexity index is 436. The molecule has 4 nitrogen and oxygen atoms in total. The first-order valence-electron chi connectivity index (χ1n) is 8.80. The summed E-state index contributed by atoms with van der Waals surface area (Å²) in [6.07, 6.45) is 5.90. The molecule has 4 heteroatoms. The van der Waals surface area contributed by atoms with Crippen LogP contribution in [0.15, 0.2) is 9.98 Å². The Hall–Kier alpha value is -1.06. The van der Waals surface area contributed by atoms with Gasteiger partial charge in [0.05, 0.1) is 5.54 Å². The number of aliphatic imine (C=N–C) groups is 2. The highest BCUT2D eigenvalue weighted by Crippen LogP contribution is 2.30. The Morgan fingerprint density at radius 2 is 1.64 bits per heavy atom. The van der Waals surface area contributed by atoms with Crippen molar-refractivity contribution in [3.8, 4) is 0 Å². The van der Waals surface area contributed by atoms with Crippen LogP contribution in [0.25, 0.3) is 0 Å². The van der Waals surface area contributed by atoms with Crippen LogP contribution in [0.3, 0.4) is 0 Å². The third-order valence-electron chi connectivity index (χ3n) is 4.32. The molecule has 2 aliphatic heterocycles. The van der Waals surface area contributed by atoms with E-state index in [1.165, 1.54) is 25.1 Å². The molecule has 22 heavy (non-hydrogen) atoms. The van der Waals surface area contributed by atoms with Gasteiger partial charge in [0.1, 0.15) is 5.84 Å². The maximum Gasteiger partial charge on any atom is 0.222 e. The summed E-state index contributed by atoms with van der Waals surface area (Å²) in [5.41, 5.74) is 0.206. The van der Waals surface area contributed by atoms with Crippen LogP contribution >= 0.6 is 0 Å². The molecule has 0 spiro atoms. The van der Waals surface area contributed by atoms with Crippen molar-refractivity contribution >= 4 is 11.8 Å². The second-order valence-electron chi connectivity index (χ2n) is 8.71. The van der Waals surface area contributed by atoms with Crippen molar-refractivity contribution in [2.75, 3.05) is 26.7 Å². The van der Waals surface area contributed by atoms with E-state index in [2.05, 4.69) is 51.5 Å². The highest BCUT2D eigenvalue weighted by molar-refractivity contribution is 5.97. The minimum atomic E-state index is -0.0720. The van der Waals surface area contributed by atoms with E-state index in [0.29, 0.717) is 0 Å². The Kier molecular flexibility index (Phi) is 5.18. The fourth-order valence-electron chi connectivity index (χ4n) is 3.74. The van der Waals surface area contributed by atoms with Crippen molar-refractivity contribution in [3.63, 3.8) is 0 Å². The van der Waals surface area contributed by atoms with Crippen molar-refractivity contribution in [3.05, 3.63) is 0 Å². The van der Waals surface area contributed by atoms with Gasteiger partial charge in [0.2, 0.25) is 5.96 Å². The number of amidine groups is 1. The molecule has 0 N–H and O–H groups in total. The Morgan fingerprint density at radius 3 is 2.14 bits per heavy atom. The molecular formula is C18H34N4. The minimum absolute atomic E-state index is 0.0720. The molecule has 2 aliphatic rings. The Labute approximate surface area is 136 Å². The fraction of sp³-hybridized carbons (Fsp3) is 0.889. The quantitative estimate of drug-likeness (QED) is 0.574. The number of likely N-dealkylation sites (tertiary alicyclic amines) is 2. The molecule has 2 rings (SSSR count). The smallest absolute Gasteiger partial charge is 0.222 e. The highest BCUT2D eigenvalue weighted by Gasteiger charge is 2.28. The van der Waals surface area contributed by atoms with Crippen molar-refractivity contribution in [2.24, 2.45) is 15.4 Å². The summed E-state index contributed by atoms with van der Waals surface area (Å²) in [6.45, 7) is 14.7. The summed E-state index contributed by atoms with van der Waals surface area (Å²) < 4.78 is 0. The average molecular weight is 306 g/mol. The third-order valence-corrected chi connectivity index (χ3v) is 4.32. The maximum atomic E-state index is 5.10. The van der Waals surface area contributed by atoms with E-state index in [1.807, 2.05) is 0 Å². The zero-order valence-corrected chi connectivity index (χ0v) is 15.4. The third kappa shape index (κ3) is 4.99. The molecule has 0 bridgehead atoms. The first kappa shape index (κ1) is 17.3. The van der Waals surface area contributed by atoms with Crippen LogP contribution in [0.1, 0.15) is 66.7 Å². The van der Waals surface area contributed by atoms with Gasteiger partial charge in [-0.15, -0.1) is 0 Å². The fourth-order valence-corrected chi connectivity index (χ4v) is 3.74. The lowest BCUT2D eigenvalue weighted by Gasteiger charge is -2.31. The van der Waals surface area contributed by atoms with Crippen LogP contribution in [-0.4, -0.2) is 53.8 Å². The van der Waals surface area contributed by atoms with E-state index < -0.39 is 0 Å². The molecule has 0 saturated carbocycles. The molecule has 2 saturated heterocycles. The van der Waals surface area contributed by atoms with Crippen LogP contribution in [0.5, 0.6) is 0 Å². The normalized spacial score (nSPS) is 23.0. The van der Waals surface area contributed by atoms with E-state index in [9.17, 15) is 0 Å². The van der Waals surface area contributed by atoms with Gasteiger partial charge in [-0.3, -0.25) is 0 Å². The largest absolute Gasteiger partial charge is 0.363 e. The molecule has 0 radical (unpaired) electrons. The molecule has 0 aromatic heterocycles. The zero-order valence-electron chi connectivity index (χ0n) is 15.4. The zero-order chi connectivity index (χ0) is 16.4. The van der Waals surface area contributed by atoms with Gasteiger partial charge < -0.3 is 9.80 Å². The number of nitrogens with zero attached hydrogens (tertiary/aromatic N) is 4. The number of hydrogen-bond acceptors (Lipinski definition) is 1. The predicted octanol–water partition coefficient (Wildman–Crippen LogP) is 3.78. The molecule has 0 amide bonds. The standard InChI is InChI=1S/C18H34N4/c1-17(2,3)14-18(4,5)20-16(22-12-7-8-13-22)19-15-10-9-11-21(15)6/h7-14H2,1-6H3. The molecule has 2 heterocycles. The molecule has 2 fully saturated rings. The van der Waals surface area contributed by atoms with E-state index in [-0.39, 0.29) is 11.0 Å². The summed E-state index contributed by atoms with van der Waals surface area (Å²) in [4.78, 5) is 14.7. The van der Waals surface area contributed by atoms with Gasteiger partial charge >= 0.3 is 0 Å². The molecular weight excluding hydrogens is 272 g/mol. The van der Waals surface area contributed by atoms with Crippen molar-refractivity contribution in [2.45, 2.75) is 72.3 Å². The summed E-state index contributed by atoms with van der Waals surface area (Å²) >= 11 is 0. The molecule has 126 valence electrons. The van der Waals surface area contributed by atoms with Crippen LogP contribution in [0, 0.1) is 5.41 Å². The van der Waals surface area contributed by atoms with Gasteiger partial charge in [0.25, 0.3) is 0 Å². The van der Waals surface area contributed by atoms with Crippen LogP contribution < -0.4 is 0 Å². The van der Waals surface area contributed by atoms with Gasteiger partial charge in [-0.2, -0.15) is 0 Å². The second kappa shape index (κ2) is 6.59. The van der Waals surface area contributed by atoms with E-state index in [1.54, 1.807) is 0 Å². The number of hydrogen-bond donors (Lipinski definition) is 0. The van der Waals surface area contributed by atoms with Crippen LogP contribution in [0.4, 0.5) is 0 Å². The predicted molar refractivity (Wildman–Crippen MR) is 95.7 cm³/mol. The summed E-state index contributed by atoms with van der Waals surface area (Å²) in [6, 6.07) is 0. The van der Waals surface area contributed by atoms with Gasteiger partial charge in [-0.05, 0) is 44.9 Å². The first-order chi connectivity index (χ1) is 10.2. The van der Waals surface area contributed by atoms with Crippen LogP contribution in [0.2, 0.25) is 0 Å². The number of guanidine groups is 1. The average Bonchev–Trinajstić information content (AvgIpc) is 2.97. The number of rotatable bonds is 2. The molecule has 0 aromatic carbocycles. The molecule has 0 atom stereocenters. The topological polar surface area (TPSA) is 31.2 Å². The van der Waals surface area contributed by atoms with E-state index in [0.717, 1.165) is 38.4 Å². The highest BCUT2D eigenvalue weighted by atomic mass is 15.3.